The number of rotatable bonds is 12. The van der Waals surface area contributed by atoms with E-state index in [0.717, 1.165) is 31.5 Å². The van der Waals surface area contributed by atoms with Gasteiger partial charge in [-0.1, -0.05) is 44.6 Å². The molecular weight excluding hydrogens is 392 g/mol. The van der Waals surface area contributed by atoms with Crippen molar-refractivity contribution in [3.8, 4) is 0 Å². The minimum atomic E-state index is -0.00430. The Bertz CT molecular complexity index is 741. The van der Waals surface area contributed by atoms with E-state index in [0.29, 0.717) is 6.41 Å². The van der Waals surface area contributed by atoms with E-state index in [1.165, 1.54) is 28.7 Å². The van der Waals surface area contributed by atoms with Crippen LogP contribution in [0.2, 0.25) is 0 Å². The molecule has 3 N–H and O–H groups in total. The third-order valence-corrected chi connectivity index (χ3v) is 5.91. The molecule has 0 spiro atoms. The molecule has 0 saturated carbocycles. The first-order valence-corrected chi connectivity index (χ1v) is 11.1. The number of hydrazine groups is 1. The second-order valence-electron chi connectivity index (χ2n) is 9.01. The molecule has 6 heteroatoms. The molecule has 0 radical (unpaired) electrons. The number of allylic oxidation sites excluding steroid dienone is 6. The molecule has 0 saturated heterocycles. The van der Waals surface area contributed by atoms with Crippen molar-refractivity contribution < 1.29 is 4.79 Å². The van der Waals surface area contributed by atoms with Crippen molar-refractivity contribution >= 4 is 25.1 Å². The van der Waals surface area contributed by atoms with Crippen LogP contribution in [-0.4, -0.2) is 24.4 Å². The summed E-state index contributed by atoms with van der Waals surface area (Å²) in [6, 6.07) is 0. The number of hydrogen-bond donors (Lipinski definition) is 3. The van der Waals surface area contributed by atoms with Crippen LogP contribution in [0.1, 0.15) is 60.8 Å². The zero-order valence-electron chi connectivity index (χ0n) is 19.3. The number of nitrogens with one attached hydrogen (secondary N) is 3. The lowest BCUT2D eigenvalue weighted by Crippen LogP contribution is -2.24. The van der Waals surface area contributed by atoms with Gasteiger partial charge >= 0.3 is 0 Å². The molecule has 0 aliphatic heterocycles. The molecule has 1 rings (SSSR count). The Kier molecular flexibility index (Phi) is 10.7. The fourth-order valence-corrected chi connectivity index (χ4v) is 3.48. The maximum Gasteiger partial charge on any atom is 0.225 e. The van der Waals surface area contributed by atoms with Gasteiger partial charge in [-0.2, -0.15) is 0 Å². The van der Waals surface area contributed by atoms with Crippen LogP contribution in [0.4, 0.5) is 0 Å². The van der Waals surface area contributed by atoms with Gasteiger partial charge in [-0.15, -0.1) is 0 Å². The number of hydrogen-bond acceptors (Lipinski definition) is 5. The lowest BCUT2D eigenvalue weighted by atomic mass is 9.86. The lowest BCUT2D eigenvalue weighted by Gasteiger charge is -2.25. The number of carbonyl (C=O) groups excluding carboxylic acids is 1. The molecule has 30 heavy (non-hydrogen) atoms. The molecule has 1 unspecified atom stereocenters. The number of carbonyl (C=O) groups is 1. The summed E-state index contributed by atoms with van der Waals surface area (Å²) in [5.41, 5.74) is 10.5. The molecule has 0 aromatic heterocycles. The van der Waals surface area contributed by atoms with E-state index in [1.54, 1.807) is 6.20 Å². The highest BCUT2D eigenvalue weighted by atomic mass is 32.2. The van der Waals surface area contributed by atoms with Gasteiger partial charge in [0, 0.05) is 18.4 Å². The zero-order chi connectivity index (χ0) is 22.6. The highest BCUT2D eigenvalue weighted by Crippen LogP contribution is 2.34. The van der Waals surface area contributed by atoms with Gasteiger partial charge in [0.2, 0.25) is 6.41 Å². The summed E-state index contributed by atoms with van der Waals surface area (Å²) in [5, 5.41) is 3.55. The molecule has 0 heterocycles. The minimum absolute atomic E-state index is 0.00430. The van der Waals surface area contributed by atoms with Crippen LogP contribution in [0.5, 0.6) is 0 Å². The van der Waals surface area contributed by atoms with E-state index >= 15 is 0 Å². The molecule has 0 fully saturated rings. The third kappa shape index (κ3) is 10.0. The van der Waals surface area contributed by atoms with Crippen molar-refractivity contribution in [1.29, 1.82) is 0 Å². The summed E-state index contributed by atoms with van der Waals surface area (Å²) in [5.74, 6) is 0. The SMILES string of the molecule is C=NSC1(C)C=CC(NC/C(C)=C(C)/C(=C/C=C\NNC=O)CCC(C)(C)C)=CC1. The topological polar surface area (TPSA) is 65.5 Å². The maximum atomic E-state index is 10.3. The van der Waals surface area contributed by atoms with E-state index in [-0.39, 0.29) is 10.2 Å². The van der Waals surface area contributed by atoms with Crippen molar-refractivity contribution in [2.24, 2.45) is 9.81 Å². The Morgan fingerprint density at radius 2 is 2.07 bits per heavy atom. The fraction of sp³-hybridized carbons (Fsp3) is 0.500. The van der Waals surface area contributed by atoms with Gasteiger partial charge in [0.15, 0.2) is 0 Å². The summed E-state index contributed by atoms with van der Waals surface area (Å²) in [6.45, 7) is 17.7. The first kappa shape index (κ1) is 25.8. The van der Waals surface area contributed by atoms with Crippen molar-refractivity contribution in [2.45, 2.75) is 65.6 Å². The highest BCUT2D eigenvalue weighted by molar-refractivity contribution is 7.99. The molecule has 1 atom stereocenters. The van der Waals surface area contributed by atoms with Crippen LogP contribution in [0.15, 0.2) is 63.4 Å². The maximum absolute atomic E-state index is 10.3. The molecular formula is C24H38N4OS. The molecule has 0 aromatic rings. The first-order chi connectivity index (χ1) is 14.1. The van der Waals surface area contributed by atoms with Crippen LogP contribution in [0.25, 0.3) is 0 Å². The molecule has 1 aliphatic carbocycles. The standard InChI is InChI=1S/C24H38N4OS/c1-19(17-26-22-11-14-24(6,15-12-22)30-25-7)20(2)21(10-13-23(3,4)5)9-8-16-27-28-18-29/h8-9,11-12,14,16,18,26-27H,7,10,13,15,17H2,1-6H3,(H,28,29)/b16-8-,20-19+,21-9+. The van der Waals surface area contributed by atoms with Crippen molar-refractivity contribution in [3.05, 3.63) is 59.0 Å². The molecule has 1 aliphatic rings. The molecule has 1 amide bonds. The summed E-state index contributed by atoms with van der Waals surface area (Å²) >= 11 is 1.51. The Labute approximate surface area is 187 Å². The van der Waals surface area contributed by atoms with Crippen LogP contribution >= 0.6 is 11.9 Å². The fourth-order valence-electron chi connectivity index (χ4n) is 2.90. The van der Waals surface area contributed by atoms with Gasteiger partial charge in [-0.05, 0) is 87.4 Å². The largest absolute Gasteiger partial charge is 0.382 e. The van der Waals surface area contributed by atoms with Gasteiger partial charge in [-0.3, -0.25) is 10.2 Å². The quantitative estimate of drug-likeness (QED) is 0.0971. The van der Waals surface area contributed by atoms with E-state index < -0.39 is 0 Å². The first-order valence-electron chi connectivity index (χ1n) is 10.3. The third-order valence-electron chi connectivity index (χ3n) is 5.06. The van der Waals surface area contributed by atoms with E-state index in [4.69, 9.17) is 0 Å². The second kappa shape index (κ2) is 12.5. The molecule has 5 nitrogen and oxygen atoms in total. The smallest absolute Gasteiger partial charge is 0.225 e. The zero-order valence-corrected chi connectivity index (χ0v) is 20.2. The summed E-state index contributed by atoms with van der Waals surface area (Å²) < 4.78 is 3.97. The Hall–Kier alpha value is -2.21. The monoisotopic (exact) mass is 430 g/mol. The highest BCUT2D eigenvalue weighted by Gasteiger charge is 2.23. The normalized spacial score (nSPS) is 20.5. The predicted octanol–water partition coefficient (Wildman–Crippen LogP) is 5.38. The lowest BCUT2D eigenvalue weighted by molar-refractivity contribution is -0.110. The number of nitrogens with zero attached hydrogens (tertiary/aromatic N) is 1. The Morgan fingerprint density at radius 3 is 2.63 bits per heavy atom. The molecule has 166 valence electrons. The van der Waals surface area contributed by atoms with Crippen LogP contribution in [0, 0.1) is 5.41 Å². The van der Waals surface area contributed by atoms with E-state index in [2.05, 4.69) is 93.1 Å². The minimum Gasteiger partial charge on any atom is -0.382 e. The Balaban J connectivity index is 2.82. The average molecular weight is 431 g/mol. The molecule has 0 aromatic carbocycles. The van der Waals surface area contributed by atoms with Crippen molar-refractivity contribution in [3.63, 3.8) is 0 Å². The van der Waals surface area contributed by atoms with E-state index in [9.17, 15) is 4.79 Å². The van der Waals surface area contributed by atoms with E-state index in [1.807, 2.05) is 6.08 Å². The predicted molar refractivity (Wildman–Crippen MR) is 132 cm³/mol. The van der Waals surface area contributed by atoms with Gasteiger partial charge in [0.1, 0.15) is 0 Å². The Morgan fingerprint density at radius 1 is 1.33 bits per heavy atom. The van der Waals surface area contributed by atoms with Crippen LogP contribution in [0.3, 0.4) is 0 Å². The van der Waals surface area contributed by atoms with Crippen LogP contribution in [-0.2, 0) is 4.79 Å². The van der Waals surface area contributed by atoms with Gasteiger partial charge in [0.05, 0.1) is 4.75 Å². The van der Waals surface area contributed by atoms with Crippen LogP contribution < -0.4 is 16.2 Å². The van der Waals surface area contributed by atoms with Crippen molar-refractivity contribution in [2.75, 3.05) is 6.54 Å². The summed E-state index contributed by atoms with van der Waals surface area (Å²) in [7, 11) is 0. The molecule has 0 bridgehead atoms. The van der Waals surface area contributed by atoms with Crippen molar-refractivity contribution in [1.82, 2.24) is 16.2 Å². The second-order valence-corrected chi connectivity index (χ2v) is 10.4. The van der Waals surface area contributed by atoms with Gasteiger partial charge < -0.3 is 10.7 Å². The van der Waals surface area contributed by atoms with Gasteiger partial charge in [-0.25, -0.2) is 4.40 Å². The number of amides is 1. The summed E-state index contributed by atoms with van der Waals surface area (Å²) in [4.78, 5) is 10.3. The van der Waals surface area contributed by atoms with Gasteiger partial charge in [0.25, 0.3) is 0 Å². The average Bonchev–Trinajstić information content (AvgIpc) is 2.68. The summed E-state index contributed by atoms with van der Waals surface area (Å²) in [6.07, 6.45) is 16.0.